The molecule has 0 atom stereocenters. The van der Waals surface area contributed by atoms with Crippen LogP contribution in [0.5, 0.6) is 11.5 Å². The first kappa shape index (κ1) is 21.0. The molecule has 0 unspecified atom stereocenters. The minimum absolute atomic E-state index is 0.0650. The van der Waals surface area contributed by atoms with Crippen LogP contribution >= 0.6 is 0 Å². The molecule has 0 radical (unpaired) electrons. The molecule has 0 spiro atoms. The van der Waals surface area contributed by atoms with Gasteiger partial charge in [-0.2, -0.15) is 5.10 Å². The van der Waals surface area contributed by atoms with E-state index in [1.165, 1.54) is 19.8 Å². The van der Waals surface area contributed by atoms with Crippen molar-refractivity contribution in [3.8, 4) is 11.5 Å². The molecule has 2 amide bonds. The highest BCUT2D eigenvalue weighted by molar-refractivity contribution is 6.06. The first-order chi connectivity index (χ1) is 13.5. The predicted octanol–water partition coefficient (Wildman–Crippen LogP) is 3.40. The number of amides is 2. The third-order valence-corrected chi connectivity index (χ3v) is 4.06. The third-order valence-electron chi connectivity index (χ3n) is 4.06. The Morgan fingerprint density at radius 3 is 2.36 bits per heavy atom. The van der Waals surface area contributed by atoms with Crippen molar-refractivity contribution in [2.45, 2.75) is 26.7 Å². The first-order valence-corrected chi connectivity index (χ1v) is 8.91. The summed E-state index contributed by atoms with van der Waals surface area (Å²) in [5, 5.41) is 6.80. The van der Waals surface area contributed by atoms with Gasteiger partial charge in [0.2, 0.25) is 5.91 Å². The SMILES string of the molecule is CCc1ccc(NC(=O)CC(C)=NNC(=O)c2ccc(OC)cc2OC)cc1. The Kier molecular flexibility index (Phi) is 7.56. The number of anilines is 1. The van der Waals surface area contributed by atoms with E-state index in [2.05, 4.69) is 22.8 Å². The molecule has 0 saturated carbocycles. The molecule has 2 N–H and O–H groups in total. The van der Waals surface area contributed by atoms with E-state index >= 15 is 0 Å². The Balaban J connectivity index is 1.94. The molecule has 7 heteroatoms. The van der Waals surface area contributed by atoms with Crippen LogP contribution in [-0.2, 0) is 11.2 Å². The van der Waals surface area contributed by atoms with Crippen molar-refractivity contribution >= 4 is 23.2 Å². The van der Waals surface area contributed by atoms with Crippen molar-refractivity contribution in [3.05, 3.63) is 53.6 Å². The molecule has 0 aliphatic rings. The topological polar surface area (TPSA) is 89.0 Å². The normalized spacial score (nSPS) is 10.9. The number of hydrazone groups is 1. The number of benzene rings is 2. The Bertz CT molecular complexity index is 860. The van der Waals surface area contributed by atoms with Crippen LogP contribution in [-0.4, -0.2) is 31.7 Å². The highest BCUT2D eigenvalue weighted by atomic mass is 16.5. The number of hydrogen-bond acceptors (Lipinski definition) is 5. The number of carbonyl (C=O) groups is 2. The van der Waals surface area contributed by atoms with Gasteiger partial charge in [0.25, 0.3) is 5.91 Å². The number of rotatable bonds is 8. The lowest BCUT2D eigenvalue weighted by atomic mass is 10.1. The molecule has 7 nitrogen and oxygen atoms in total. The molecule has 2 aromatic carbocycles. The van der Waals surface area contributed by atoms with E-state index in [-0.39, 0.29) is 12.3 Å². The molecule has 0 bridgehead atoms. The van der Waals surface area contributed by atoms with E-state index in [9.17, 15) is 9.59 Å². The van der Waals surface area contributed by atoms with Crippen molar-refractivity contribution in [1.82, 2.24) is 5.43 Å². The fourth-order valence-corrected chi connectivity index (χ4v) is 2.49. The summed E-state index contributed by atoms with van der Waals surface area (Å²) in [6.07, 6.45) is 1.01. The standard InChI is InChI=1S/C21H25N3O4/c1-5-15-6-8-16(9-7-15)22-20(25)12-14(2)23-24-21(26)18-11-10-17(27-3)13-19(18)28-4/h6-11,13H,5,12H2,1-4H3,(H,22,25)(H,24,26). The maximum atomic E-state index is 12.3. The van der Waals surface area contributed by atoms with Crippen molar-refractivity contribution in [2.75, 3.05) is 19.5 Å². The number of nitrogens with one attached hydrogen (secondary N) is 2. The van der Waals surface area contributed by atoms with E-state index in [1.807, 2.05) is 24.3 Å². The van der Waals surface area contributed by atoms with Gasteiger partial charge in [0.1, 0.15) is 11.5 Å². The zero-order valence-electron chi connectivity index (χ0n) is 16.5. The molecule has 0 aliphatic heterocycles. The van der Waals surface area contributed by atoms with Crippen LogP contribution < -0.4 is 20.2 Å². The Morgan fingerprint density at radius 2 is 1.75 bits per heavy atom. The largest absolute Gasteiger partial charge is 0.497 e. The van der Waals surface area contributed by atoms with Crippen LogP contribution in [0.1, 0.15) is 36.2 Å². The third kappa shape index (κ3) is 5.84. The highest BCUT2D eigenvalue weighted by Gasteiger charge is 2.13. The fraction of sp³-hybridized carbons (Fsp3) is 0.286. The van der Waals surface area contributed by atoms with Gasteiger partial charge >= 0.3 is 0 Å². The zero-order chi connectivity index (χ0) is 20.5. The number of ether oxygens (including phenoxy) is 2. The number of methoxy groups -OCH3 is 2. The molecule has 0 aromatic heterocycles. The fourth-order valence-electron chi connectivity index (χ4n) is 2.49. The first-order valence-electron chi connectivity index (χ1n) is 8.91. The van der Waals surface area contributed by atoms with Gasteiger partial charge in [-0.3, -0.25) is 9.59 Å². The molecule has 0 saturated heterocycles. The van der Waals surface area contributed by atoms with Gasteiger partial charge in [0.05, 0.1) is 26.2 Å². The summed E-state index contributed by atoms with van der Waals surface area (Å²) in [5.74, 6) is 0.311. The van der Waals surface area contributed by atoms with Crippen molar-refractivity contribution in [3.63, 3.8) is 0 Å². The van der Waals surface area contributed by atoms with Gasteiger partial charge in [-0.05, 0) is 43.2 Å². The van der Waals surface area contributed by atoms with Crippen LogP contribution in [0.2, 0.25) is 0 Å². The average molecular weight is 383 g/mol. The molecule has 28 heavy (non-hydrogen) atoms. The molecule has 0 aliphatic carbocycles. The summed E-state index contributed by atoms with van der Waals surface area (Å²) in [7, 11) is 3.00. The van der Waals surface area contributed by atoms with Gasteiger partial charge in [0, 0.05) is 17.5 Å². The number of carbonyl (C=O) groups excluding carboxylic acids is 2. The molecular weight excluding hydrogens is 358 g/mol. The number of hydrogen-bond donors (Lipinski definition) is 2. The van der Waals surface area contributed by atoms with Gasteiger partial charge in [-0.1, -0.05) is 19.1 Å². The summed E-state index contributed by atoms with van der Waals surface area (Å²) in [6, 6.07) is 12.5. The maximum Gasteiger partial charge on any atom is 0.275 e. The van der Waals surface area contributed by atoms with Crippen LogP contribution in [0.4, 0.5) is 5.69 Å². The van der Waals surface area contributed by atoms with Crippen molar-refractivity contribution in [1.29, 1.82) is 0 Å². The number of aryl methyl sites for hydroxylation is 1. The summed E-state index contributed by atoms with van der Waals surface area (Å²) >= 11 is 0. The molecule has 2 aromatic rings. The van der Waals surface area contributed by atoms with Crippen LogP contribution in [0.15, 0.2) is 47.6 Å². The zero-order valence-corrected chi connectivity index (χ0v) is 16.5. The van der Waals surface area contributed by atoms with Gasteiger partial charge < -0.3 is 14.8 Å². The van der Waals surface area contributed by atoms with Crippen LogP contribution in [0.3, 0.4) is 0 Å². The molecule has 0 heterocycles. The minimum Gasteiger partial charge on any atom is -0.497 e. The number of nitrogens with zero attached hydrogens (tertiary/aromatic N) is 1. The van der Waals surface area contributed by atoms with E-state index in [0.29, 0.717) is 22.8 Å². The Hall–Kier alpha value is -3.35. The monoisotopic (exact) mass is 383 g/mol. The lowest BCUT2D eigenvalue weighted by Crippen LogP contribution is -2.22. The van der Waals surface area contributed by atoms with Gasteiger partial charge in [-0.25, -0.2) is 5.43 Å². The Morgan fingerprint density at radius 1 is 1.04 bits per heavy atom. The summed E-state index contributed by atoms with van der Waals surface area (Å²) in [5.41, 5.74) is 5.16. The minimum atomic E-state index is -0.436. The second kappa shape index (κ2) is 10.1. The van der Waals surface area contributed by atoms with E-state index in [4.69, 9.17) is 9.47 Å². The maximum absolute atomic E-state index is 12.3. The van der Waals surface area contributed by atoms with Crippen LogP contribution in [0.25, 0.3) is 0 Å². The Labute approximate surface area is 164 Å². The second-order valence-electron chi connectivity index (χ2n) is 6.13. The van der Waals surface area contributed by atoms with Gasteiger partial charge in [0.15, 0.2) is 0 Å². The summed E-state index contributed by atoms with van der Waals surface area (Å²) in [4.78, 5) is 24.5. The lowest BCUT2D eigenvalue weighted by molar-refractivity contribution is -0.115. The molecule has 0 fully saturated rings. The lowest BCUT2D eigenvalue weighted by Gasteiger charge is -2.09. The summed E-state index contributed by atoms with van der Waals surface area (Å²) < 4.78 is 10.3. The second-order valence-corrected chi connectivity index (χ2v) is 6.13. The molecule has 148 valence electrons. The van der Waals surface area contributed by atoms with E-state index in [1.54, 1.807) is 25.1 Å². The molecular formula is C21H25N3O4. The molecule has 2 rings (SSSR count). The average Bonchev–Trinajstić information content (AvgIpc) is 2.71. The van der Waals surface area contributed by atoms with E-state index in [0.717, 1.165) is 12.1 Å². The highest BCUT2D eigenvalue weighted by Crippen LogP contribution is 2.24. The summed E-state index contributed by atoms with van der Waals surface area (Å²) in [6.45, 7) is 3.74. The van der Waals surface area contributed by atoms with Crippen molar-refractivity contribution < 1.29 is 19.1 Å². The van der Waals surface area contributed by atoms with Crippen LogP contribution in [0, 0.1) is 0 Å². The smallest absolute Gasteiger partial charge is 0.275 e. The predicted molar refractivity (Wildman–Crippen MR) is 109 cm³/mol. The van der Waals surface area contributed by atoms with E-state index < -0.39 is 5.91 Å². The van der Waals surface area contributed by atoms with Crippen molar-refractivity contribution in [2.24, 2.45) is 5.10 Å². The quantitative estimate of drug-likeness (QED) is 0.540. The van der Waals surface area contributed by atoms with Gasteiger partial charge in [-0.15, -0.1) is 0 Å².